The summed E-state index contributed by atoms with van der Waals surface area (Å²) in [5.41, 5.74) is 1.75. The molecule has 8 heteroatoms. The summed E-state index contributed by atoms with van der Waals surface area (Å²) in [6.07, 6.45) is 0.450. The molecule has 0 saturated heterocycles. The van der Waals surface area contributed by atoms with E-state index in [0.29, 0.717) is 23.4 Å². The van der Waals surface area contributed by atoms with Crippen LogP contribution in [0.25, 0.3) is 0 Å². The van der Waals surface area contributed by atoms with Crippen molar-refractivity contribution in [2.24, 2.45) is 0 Å². The maximum absolute atomic E-state index is 12.1. The molecular weight excluding hydrogens is 324 g/mol. The van der Waals surface area contributed by atoms with Gasteiger partial charge in [-0.25, -0.2) is 0 Å². The number of hydrogen-bond donors (Lipinski definition) is 2. The Labute approximate surface area is 143 Å². The molecule has 0 aliphatic carbocycles. The molecule has 0 atom stereocenters. The summed E-state index contributed by atoms with van der Waals surface area (Å²) in [4.78, 5) is 36.6. The zero-order chi connectivity index (χ0) is 18.6. The quantitative estimate of drug-likeness (QED) is 0.637. The van der Waals surface area contributed by atoms with Crippen LogP contribution in [-0.2, 0) is 11.2 Å². The molecule has 0 unspecified atom stereocenters. The second-order valence-electron chi connectivity index (χ2n) is 5.53. The van der Waals surface area contributed by atoms with Gasteiger partial charge in [-0.05, 0) is 37.5 Å². The second-order valence-corrected chi connectivity index (χ2v) is 5.53. The van der Waals surface area contributed by atoms with E-state index in [4.69, 9.17) is 5.26 Å². The van der Waals surface area contributed by atoms with Gasteiger partial charge < -0.3 is 10.3 Å². The molecule has 0 aliphatic heterocycles. The molecule has 2 rings (SSSR count). The summed E-state index contributed by atoms with van der Waals surface area (Å²) in [5.74, 6) is -0.316. The van der Waals surface area contributed by atoms with Crippen LogP contribution in [0.1, 0.15) is 28.8 Å². The van der Waals surface area contributed by atoms with E-state index >= 15 is 0 Å². The minimum atomic E-state index is -0.536. The van der Waals surface area contributed by atoms with Gasteiger partial charge >= 0.3 is 0 Å². The fourth-order valence-electron chi connectivity index (χ4n) is 2.58. The lowest BCUT2D eigenvalue weighted by Gasteiger charge is -2.11. The van der Waals surface area contributed by atoms with Gasteiger partial charge in [-0.3, -0.25) is 19.7 Å². The zero-order valence-corrected chi connectivity index (χ0v) is 13.8. The average molecular weight is 340 g/mol. The largest absolute Gasteiger partial charge is 0.326 e. The lowest BCUT2D eigenvalue weighted by molar-refractivity contribution is -0.384. The number of nitro benzene ring substituents is 1. The van der Waals surface area contributed by atoms with Crippen molar-refractivity contribution in [3.05, 3.63) is 67.1 Å². The van der Waals surface area contributed by atoms with Crippen LogP contribution in [0, 0.1) is 35.3 Å². The van der Waals surface area contributed by atoms with Crippen LogP contribution in [0.15, 0.2) is 29.1 Å². The first kappa shape index (κ1) is 17.9. The Morgan fingerprint density at radius 3 is 2.76 bits per heavy atom. The first-order valence-electron chi connectivity index (χ1n) is 7.50. The number of carbonyl (C=O) groups excluding carboxylic acids is 1. The third kappa shape index (κ3) is 4.09. The lowest BCUT2D eigenvalue weighted by atomic mass is 9.99. The highest BCUT2D eigenvalue weighted by Crippen LogP contribution is 2.18. The molecule has 2 N–H and O–H groups in total. The van der Waals surface area contributed by atoms with Gasteiger partial charge in [-0.1, -0.05) is 6.07 Å². The summed E-state index contributed by atoms with van der Waals surface area (Å²) in [6, 6.07) is 7.54. The van der Waals surface area contributed by atoms with Crippen molar-refractivity contribution < 1.29 is 9.72 Å². The Morgan fingerprint density at radius 1 is 1.40 bits per heavy atom. The van der Waals surface area contributed by atoms with E-state index < -0.39 is 10.5 Å². The Bertz CT molecular complexity index is 941. The Balaban J connectivity index is 2.11. The molecule has 0 bridgehead atoms. The normalized spacial score (nSPS) is 10.1. The molecule has 0 fully saturated rings. The van der Waals surface area contributed by atoms with Crippen LogP contribution in [0.5, 0.6) is 0 Å². The van der Waals surface area contributed by atoms with Crippen molar-refractivity contribution in [2.75, 3.05) is 5.32 Å². The fraction of sp³-hybridized carbons (Fsp3) is 0.235. The van der Waals surface area contributed by atoms with Crippen LogP contribution < -0.4 is 10.9 Å². The fourth-order valence-corrected chi connectivity index (χ4v) is 2.58. The minimum absolute atomic E-state index is 0.0414. The van der Waals surface area contributed by atoms with E-state index in [2.05, 4.69) is 10.3 Å². The number of aryl methyl sites for hydroxylation is 1. The topological polar surface area (TPSA) is 129 Å². The molecule has 0 radical (unpaired) electrons. The third-order valence-corrected chi connectivity index (χ3v) is 3.86. The number of nitrogens with zero attached hydrogens (tertiary/aromatic N) is 2. The molecule has 1 aromatic carbocycles. The maximum atomic E-state index is 12.1. The highest BCUT2D eigenvalue weighted by atomic mass is 16.6. The summed E-state index contributed by atoms with van der Waals surface area (Å²) >= 11 is 0. The van der Waals surface area contributed by atoms with Gasteiger partial charge in [0.1, 0.15) is 11.6 Å². The van der Waals surface area contributed by atoms with Gasteiger partial charge in [0.25, 0.3) is 11.2 Å². The SMILES string of the molecule is Cc1[nH]c(=O)c(C#N)c(C)c1CCC(=O)Nc1cccc([N+](=O)[O-])c1. The first-order valence-corrected chi connectivity index (χ1v) is 7.50. The average Bonchev–Trinajstić information content (AvgIpc) is 2.54. The van der Waals surface area contributed by atoms with E-state index in [9.17, 15) is 19.7 Å². The summed E-state index contributed by atoms with van der Waals surface area (Å²) < 4.78 is 0. The van der Waals surface area contributed by atoms with E-state index in [1.54, 1.807) is 19.9 Å². The number of nitrogens with one attached hydrogen (secondary N) is 2. The number of amides is 1. The first-order chi connectivity index (χ1) is 11.8. The number of aromatic amines is 1. The molecule has 0 spiro atoms. The number of aromatic nitrogens is 1. The van der Waals surface area contributed by atoms with Gasteiger partial charge in [-0.15, -0.1) is 0 Å². The monoisotopic (exact) mass is 340 g/mol. The Morgan fingerprint density at radius 2 is 2.12 bits per heavy atom. The van der Waals surface area contributed by atoms with E-state index in [1.807, 2.05) is 6.07 Å². The number of nitriles is 1. The van der Waals surface area contributed by atoms with Crippen LogP contribution in [0.2, 0.25) is 0 Å². The molecule has 25 heavy (non-hydrogen) atoms. The van der Waals surface area contributed by atoms with Crippen molar-refractivity contribution in [2.45, 2.75) is 26.7 Å². The minimum Gasteiger partial charge on any atom is -0.326 e. The Hall–Kier alpha value is -3.47. The van der Waals surface area contributed by atoms with Gasteiger partial charge in [0.05, 0.1) is 4.92 Å². The van der Waals surface area contributed by atoms with Crippen LogP contribution in [0.3, 0.4) is 0 Å². The molecule has 2 aromatic rings. The molecule has 8 nitrogen and oxygen atoms in total. The van der Waals surface area contributed by atoms with Crippen LogP contribution in [-0.4, -0.2) is 15.8 Å². The standard InChI is InChI=1S/C17H16N4O4/c1-10-14(11(2)19-17(23)15(10)9-18)6-7-16(22)20-12-4-3-5-13(8-12)21(24)25/h3-5,8H,6-7H2,1-2H3,(H,19,23)(H,20,22). The molecular formula is C17H16N4O4. The van der Waals surface area contributed by atoms with Crippen molar-refractivity contribution in [3.63, 3.8) is 0 Å². The number of pyridine rings is 1. The second kappa shape index (κ2) is 7.40. The molecule has 128 valence electrons. The van der Waals surface area contributed by atoms with Crippen LogP contribution >= 0.6 is 0 Å². The van der Waals surface area contributed by atoms with E-state index in [1.165, 1.54) is 18.2 Å². The smallest absolute Gasteiger partial charge is 0.271 e. The number of H-pyrrole nitrogens is 1. The van der Waals surface area contributed by atoms with E-state index in [0.717, 1.165) is 5.56 Å². The number of rotatable bonds is 5. The lowest BCUT2D eigenvalue weighted by Crippen LogP contribution is -2.18. The maximum Gasteiger partial charge on any atom is 0.271 e. The number of hydrogen-bond acceptors (Lipinski definition) is 5. The van der Waals surface area contributed by atoms with Crippen molar-refractivity contribution in [3.8, 4) is 6.07 Å². The highest BCUT2D eigenvalue weighted by Gasteiger charge is 2.14. The predicted octanol–water partition coefficient (Wildman–Crippen LogP) is 2.34. The number of non-ortho nitro benzene ring substituents is 1. The number of anilines is 1. The molecule has 0 aliphatic rings. The molecule has 0 saturated carbocycles. The zero-order valence-electron chi connectivity index (χ0n) is 13.8. The summed E-state index contributed by atoms with van der Waals surface area (Å²) in [7, 11) is 0. The van der Waals surface area contributed by atoms with Crippen molar-refractivity contribution in [1.82, 2.24) is 4.98 Å². The molecule has 1 amide bonds. The van der Waals surface area contributed by atoms with Gasteiger partial charge in [0.15, 0.2) is 0 Å². The number of benzene rings is 1. The van der Waals surface area contributed by atoms with Crippen molar-refractivity contribution >= 4 is 17.3 Å². The van der Waals surface area contributed by atoms with Crippen LogP contribution in [0.4, 0.5) is 11.4 Å². The predicted molar refractivity (Wildman–Crippen MR) is 91.3 cm³/mol. The van der Waals surface area contributed by atoms with Crippen molar-refractivity contribution in [1.29, 1.82) is 5.26 Å². The molecule has 1 aromatic heterocycles. The van der Waals surface area contributed by atoms with Gasteiger partial charge in [0, 0.05) is 29.9 Å². The third-order valence-electron chi connectivity index (χ3n) is 3.86. The highest BCUT2D eigenvalue weighted by molar-refractivity contribution is 5.91. The summed E-state index contributed by atoms with van der Waals surface area (Å²) in [5, 5.41) is 22.4. The Kier molecular flexibility index (Phi) is 5.29. The molecule has 1 heterocycles. The number of carbonyl (C=O) groups is 1. The van der Waals surface area contributed by atoms with Gasteiger partial charge in [-0.2, -0.15) is 5.26 Å². The number of nitro groups is 1. The van der Waals surface area contributed by atoms with E-state index in [-0.39, 0.29) is 23.6 Å². The summed E-state index contributed by atoms with van der Waals surface area (Å²) in [6.45, 7) is 3.39. The van der Waals surface area contributed by atoms with Gasteiger partial charge in [0.2, 0.25) is 5.91 Å².